The van der Waals surface area contributed by atoms with Crippen LogP contribution in [0.2, 0.25) is 0 Å². The number of hydrogen-bond acceptors (Lipinski definition) is 5. The molecular formula is C15H15N3O5. The number of benzene rings is 1. The molecule has 0 fully saturated rings. The molecule has 0 aliphatic carbocycles. The summed E-state index contributed by atoms with van der Waals surface area (Å²) in [4.78, 5) is 33.5. The molecule has 2 amide bonds. The van der Waals surface area contributed by atoms with Gasteiger partial charge in [-0.25, -0.2) is 0 Å². The minimum absolute atomic E-state index is 0.0893. The molecule has 0 spiro atoms. The molecule has 0 saturated carbocycles. The first kappa shape index (κ1) is 16.2. The molecule has 23 heavy (non-hydrogen) atoms. The summed E-state index contributed by atoms with van der Waals surface area (Å²) in [5, 5.41) is 15.9. The number of nitrogens with one attached hydrogen (secondary N) is 2. The number of anilines is 1. The van der Waals surface area contributed by atoms with E-state index in [4.69, 9.17) is 4.42 Å². The molecule has 1 aromatic carbocycles. The van der Waals surface area contributed by atoms with Gasteiger partial charge in [-0.3, -0.25) is 19.7 Å². The zero-order valence-corrected chi connectivity index (χ0v) is 12.2. The van der Waals surface area contributed by atoms with Gasteiger partial charge >= 0.3 is 0 Å². The van der Waals surface area contributed by atoms with Crippen LogP contribution in [0.4, 0.5) is 11.4 Å². The lowest BCUT2D eigenvalue weighted by atomic mass is 10.2. The predicted octanol–water partition coefficient (Wildman–Crippen LogP) is 2.34. The van der Waals surface area contributed by atoms with Crippen LogP contribution in [0.25, 0.3) is 0 Å². The molecule has 2 rings (SSSR count). The smallest absolute Gasteiger partial charge is 0.286 e. The topological polar surface area (TPSA) is 114 Å². The Hall–Kier alpha value is -3.16. The highest BCUT2D eigenvalue weighted by atomic mass is 16.6. The maximum atomic E-state index is 11.8. The fraction of sp³-hybridized carbons (Fsp3) is 0.200. The summed E-state index contributed by atoms with van der Waals surface area (Å²) in [7, 11) is 0. The van der Waals surface area contributed by atoms with Gasteiger partial charge in [0.25, 0.3) is 11.6 Å². The molecule has 1 heterocycles. The van der Waals surface area contributed by atoms with Gasteiger partial charge in [-0.15, -0.1) is 0 Å². The van der Waals surface area contributed by atoms with Crippen LogP contribution >= 0.6 is 0 Å². The number of furan rings is 1. The molecule has 0 radical (unpaired) electrons. The van der Waals surface area contributed by atoms with Gasteiger partial charge in [0.15, 0.2) is 5.76 Å². The second kappa shape index (κ2) is 7.74. The Labute approximate surface area is 131 Å². The van der Waals surface area contributed by atoms with Gasteiger partial charge < -0.3 is 15.1 Å². The van der Waals surface area contributed by atoms with Crippen molar-refractivity contribution in [2.45, 2.75) is 12.8 Å². The minimum Gasteiger partial charge on any atom is -0.459 e. The second-order valence-electron chi connectivity index (χ2n) is 4.69. The fourth-order valence-corrected chi connectivity index (χ4v) is 1.87. The number of rotatable bonds is 7. The van der Waals surface area contributed by atoms with Crippen LogP contribution < -0.4 is 10.6 Å². The van der Waals surface area contributed by atoms with Crippen molar-refractivity contribution in [3.05, 3.63) is 58.5 Å². The third-order valence-electron chi connectivity index (χ3n) is 2.95. The molecule has 120 valence electrons. The molecule has 2 N–H and O–H groups in total. The van der Waals surface area contributed by atoms with Crippen molar-refractivity contribution >= 4 is 23.2 Å². The van der Waals surface area contributed by atoms with Gasteiger partial charge in [0.05, 0.1) is 11.2 Å². The predicted molar refractivity (Wildman–Crippen MR) is 82.0 cm³/mol. The van der Waals surface area contributed by atoms with Crippen LogP contribution in [0, 0.1) is 10.1 Å². The van der Waals surface area contributed by atoms with Gasteiger partial charge in [-0.1, -0.05) is 6.07 Å². The maximum Gasteiger partial charge on any atom is 0.286 e. The SMILES string of the molecule is O=C(CCCNC(=O)c1ccco1)Nc1cccc([N+](=O)[O-])c1. The lowest BCUT2D eigenvalue weighted by Crippen LogP contribution is -2.25. The molecule has 0 saturated heterocycles. The van der Waals surface area contributed by atoms with Gasteiger partial charge in [0.2, 0.25) is 5.91 Å². The highest BCUT2D eigenvalue weighted by Gasteiger charge is 2.09. The quantitative estimate of drug-likeness (QED) is 0.462. The first-order valence-corrected chi connectivity index (χ1v) is 6.92. The van der Waals surface area contributed by atoms with E-state index in [0.717, 1.165) is 0 Å². The van der Waals surface area contributed by atoms with Crippen LogP contribution in [0.1, 0.15) is 23.4 Å². The number of nitro groups is 1. The van der Waals surface area contributed by atoms with Gasteiger partial charge in [-0.05, 0) is 24.6 Å². The van der Waals surface area contributed by atoms with Gasteiger partial charge in [0.1, 0.15) is 0 Å². The minimum atomic E-state index is -0.528. The summed E-state index contributed by atoms with van der Waals surface area (Å²) in [5.74, 6) is -0.405. The molecular weight excluding hydrogens is 302 g/mol. The summed E-state index contributed by atoms with van der Waals surface area (Å²) in [5.41, 5.74) is 0.275. The summed E-state index contributed by atoms with van der Waals surface area (Å²) >= 11 is 0. The molecule has 2 aromatic rings. The fourth-order valence-electron chi connectivity index (χ4n) is 1.87. The molecule has 0 atom stereocenters. The molecule has 1 aromatic heterocycles. The van der Waals surface area contributed by atoms with Crippen molar-refractivity contribution in [3.63, 3.8) is 0 Å². The zero-order valence-electron chi connectivity index (χ0n) is 12.2. The summed E-state index contributed by atoms with van der Waals surface area (Å²) in [6, 6.07) is 8.86. The number of amides is 2. The number of nitro benzene ring substituents is 1. The number of carbonyl (C=O) groups excluding carboxylic acids is 2. The first-order valence-electron chi connectivity index (χ1n) is 6.92. The lowest BCUT2D eigenvalue weighted by molar-refractivity contribution is -0.384. The van der Waals surface area contributed by atoms with E-state index in [1.165, 1.54) is 24.5 Å². The third-order valence-corrected chi connectivity index (χ3v) is 2.95. The van der Waals surface area contributed by atoms with E-state index in [9.17, 15) is 19.7 Å². The normalized spacial score (nSPS) is 10.1. The van der Waals surface area contributed by atoms with Crippen molar-refractivity contribution in [3.8, 4) is 0 Å². The highest BCUT2D eigenvalue weighted by molar-refractivity contribution is 5.92. The molecule has 0 unspecified atom stereocenters. The second-order valence-corrected chi connectivity index (χ2v) is 4.69. The van der Waals surface area contributed by atoms with E-state index in [-0.39, 0.29) is 29.7 Å². The maximum absolute atomic E-state index is 11.8. The average molecular weight is 317 g/mol. The van der Waals surface area contributed by atoms with Crippen molar-refractivity contribution < 1.29 is 18.9 Å². The lowest BCUT2D eigenvalue weighted by Gasteiger charge is -2.06. The van der Waals surface area contributed by atoms with E-state index in [2.05, 4.69) is 10.6 Å². The van der Waals surface area contributed by atoms with Crippen LogP contribution in [0.5, 0.6) is 0 Å². The van der Waals surface area contributed by atoms with E-state index in [0.29, 0.717) is 18.7 Å². The number of hydrogen-bond donors (Lipinski definition) is 2. The third kappa shape index (κ3) is 4.95. The molecule has 0 bridgehead atoms. The monoisotopic (exact) mass is 317 g/mol. The zero-order chi connectivity index (χ0) is 16.7. The standard InChI is InChI=1S/C15H15N3O5/c19-14(17-11-4-1-5-12(10-11)18(21)22)7-2-8-16-15(20)13-6-3-9-23-13/h1,3-6,9-10H,2,7-8H2,(H,16,20)(H,17,19). The Morgan fingerprint density at radius 2 is 2.04 bits per heavy atom. The van der Waals surface area contributed by atoms with Gasteiger partial charge in [0, 0.05) is 30.8 Å². The summed E-state index contributed by atoms with van der Waals surface area (Å²) in [6.45, 7) is 0.321. The van der Waals surface area contributed by atoms with Crippen molar-refractivity contribution in [1.29, 1.82) is 0 Å². The van der Waals surface area contributed by atoms with Crippen LogP contribution in [0.15, 0.2) is 47.1 Å². The largest absolute Gasteiger partial charge is 0.459 e. The van der Waals surface area contributed by atoms with Crippen LogP contribution in [0.3, 0.4) is 0 Å². The van der Waals surface area contributed by atoms with Crippen molar-refractivity contribution in [2.24, 2.45) is 0 Å². The summed E-state index contributed by atoms with van der Waals surface area (Å²) in [6.07, 6.45) is 2.02. The van der Waals surface area contributed by atoms with Crippen molar-refractivity contribution in [1.82, 2.24) is 5.32 Å². The van der Waals surface area contributed by atoms with E-state index in [1.54, 1.807) is 18.2 Å². The average Bonchev–Trinajstić information content (AvgIpc) is 3.06. The number of non-ortho nitro benzene ring substituents is 1. The Morgan fingerprint density at radius 1 is 1.22 bits per heavy atom. The van der Waals surface area contributed by atoms with E-state index >= 15 is 0 Å². The highest BCUT2D eigenvalue weighted by Crippen LogP contribution is 2.17. The Morgan fingerprint density at radius 3 is 2.74 bits per heavy atom. The molecule has 0 aliphatic heterocycles. The summed E-state index contributed by atoms with van der Waals surface area (Å²) < 4.78 is 4.94. The molecule has 8 nitrogen and oxygen atoms in total. The molecule has 8 heteroatoms. The van der Waals surface area contributed by atoms with E-state index in [1.807, 2.05) is 0 Å². The van der Waals surface area contributed by atoms with Gasteiger partial charge in [-0.2, -0.15) is 0 Å². The van der Waals surface area contributed by atoms with E-state index < -0.39 is 4.92 Å². The van der Waals surface area contributed by atoms with Crippen LogP contribution in [-0.2, 0) is 4.79 Å². The van der Waals surface area contributed by atoms with Crippen LogP contribution in [-0.4, -0.2) is 23.3 Å². The molecule has 0 aliphatic rings. The Balaban J connectivity index is 1.72. The number of carbonyl (C=O) groups is 2. The Bertz CT molecular complexity index is 697. The first-order chi connectivity index (χ1) is 11.1. The Kier molecular flexibility index (Phi) is 5.45. The van der Waals surface area contributed by atoms with Crippen molar-refractivity contribution in [2.75, 3.05) is 11.9 Å². The number of nitrogens with zero attached hydrogens (tertiary/aromatic N) is 1.